The van der Waals surface area contributed by atoms with Gasteiger partial charge in [-0.05, 0) is 12.8 Å². The van der Waals surface area contributed by atoms with Gasteiger partial charge >= 0.3 is 6.03 Å². The first-order chi connectivity index (χ1) is 5.61. The summed E-state index contributed by atoms with van der Waals surface area (Å²) in [6, 6.07) is 0.0301. The molecule has 1 aliphatic rings. The van der Waals surface area contributed by atoms with E-state index < -0.39 is 0 Å². The lowest BCUT2D eigenvalue weighted by Crippen LogP contribution is -2.43. The van der Waals surface area contributed by atoms with Crippen molar-refractivity contribution in [3.05, 3.63) is 6.10 Å². The Labute approximate surface area is 72.8 Å². The van der Waals surface area contributed by atoms with Gasteiger partial charge in [0, 0.05) is 27.2 Å². The van der Waals surface area contributed by atoms with Crippen molar-refractivity contribution >= 4 is 6.03 Å². The number of aliphatic hydroxyl groups excluding tert-OH is 1. The van der Waals surface area contributed by atoms with Crippen LogP contribution in [-0.4, -0.2) is 48.1 Å². The van der Waals surface area contributed by atoms with Crippen molar-refractivity contribution in [3.8, 4) is 0 Å². The number of hydrogen-bond acceptors (Lipinski definition) is 2. The van der Waals surface area contributed by atoms with Crippen LogP contribution in [0.2, 0.25) is 0 Å². The molecule has 0 atom stereocenters. The smallest absolute Gasteiger partial charge is 0.319 e. The molecular weight excluding hydrogens is 156 g/mol. The number of carbonyl (C=O) groups is 1. The maximum absolute atomic E-state index is 11.4. The Bertz CT molecular complexity index is 162. The third kappa shape index (κ3) is 2.11. The van der Waals surface area contributed by atoms with Crippen LogP contribution >= 0.6 is 0 Å². The van der Waals surface area contributed by atoms with Crippen LogP contribution in [0.3, 0.4) is 0 Å². The molecule has 2 amide bonds. The molecule has 4 nitrogen and oxygen atoms in total. The van der Waals surface area contributed by atoms with E-state index in [1.54, 1.807) is 23.9 Å². The molecule has 0 aromatic carbocycles. The van der Waals surface area contributed by atoms with Crippen LogP contribution < -0.4 is 0 Å². The van der Waals surface area contributed by atoms with Gasteiger partial charge in [-0.2, -0.15) is 0 Å². The Balaban J connectivity index is 2.39. The third-order valence-electron chi connectivity index (χ3n) is 1.99. The highest BCUT2D eigenvalue weighted by Gasteiger charge is 2.22. The molecule has 0 aromatic rings. The van der Waals surface area contributed by atoms with Crippen molar-refractivity contribution < 1.29 is 9.90 Å². The number of piperidine rings is 1. The highest BCUT2D eigenvalue weighted by atomic mass is 16.3. The highest BCUT2D eigenvalue weighted by molar-refractivity contribution is 5.73. The molecule has 0 spiro atoms. The molecule has 0 bridgehead atoms. The molecule has 1 saturated heterocycles. The molecule has 69 valence electrons. The Morgan fingerprint density at radius 2 is 1.92 bits per heavy atom. The lowest BCUT2D eigenvalue weighted by Gasteiger charge is -2.31. The minimum Gasteiger partial charge on any atom is -0.387 e. The number of amides is 2. The minimum absolute atomic E-state index is 0.0301. The molecule has 0 saturated carbocycles. The van der Waals surface area contributed by atoms with Crippen molar-refractivity contribution in [2.45, 2.75) is 12.8 Å². The molecule has 4 heteroatoms. The summed E-state index contributed by atoms with van der Waals surface area (Å²) in [5.41, 5.74) is 0. The lowest BCUT2D eigenvalue weighted by atomic mass is 10.1. The molecular formula is C8H15N2O2. The second kappa shape index (κ2) is 3.76. The van der Waals surface area contributed by atoms with Gasteiger partial charge in [0.2, 0.25) is 0 Å². The first kappa shape index (κ1) is 9.32. The fourth-order valence-corrected chi connectivity index (χ4v) is 1.24. The second-order valence-corrected chi connectivity index (χ2v) is 3.23. The van der Waals surface area contributed by atoms with Crippen molar-refractivity contribution in [1.29, 1.82) is 0 Å². The Kier molecular flexibility index (Phi) is 2.92. The van der Waals surface area contributed by atoms with Gasteiger partial charge in [-0.1, -0.05) is 0 Å². The number of urea groups is 1. The quantitative estimate of drug-likeness (QED) is 0.582. The molecule has 0 aliphatic carbocycles. The van der Waals surface area contributed by atoms with E-state index in [4.69, 9.17) is 5.11 Å². The van der Waals surface area contributed by atoms with Crippen molar-refractivity contribution in [3.63, 3.8) is 0 Å². The largest absolute Gasteiger partial charge is 0.387 e. The summed E-state index contributed by atoms with van der Waals surface area (Å²) in [5, 5.41) is 9.11. The maximum Gasteiger partial charge on any atom is 0.319 e. The zero-order chi connectivity index (χ0) is 9.14. The summed E-state index contributed by atoms with van der Waals surface area (Å²) < 4.78 is 0. The average molecular weight is 171 g/mol. The highest BCUT2D eigenvalue weighted by Crippen LogP contribution is 2.16. The van der Waals surface area contributed by atoms with Gasteiger partial charge in [0.1, 0.15) is 0 Å². The van der Waals surface area contributed by atoms with Crippen molar-refractivity contribution in [2.75, 3.05) is 27.2 Å². The number of rotatable bonds is 0. The van der Waals surface area contributed by atoms with Crippen molar-refractivity contribution in [1.82, 2.24) is 9.80 Å². The van der Waals surface area contributed by atoms with E-state index in [0.717, 1.165) is 0 Å². The Hall–Kier alpha value is -0.770. The molecule has 1 fully saturated rings. The number of nitrogens with zero attached hydrogens (tertiary/aromatic N) is 2. The van der Waals surface area contributed by atoms with E-state index in [1.807, 2.05) is 0 Å². The average Bonchev–Trinajstić information content (AvgIpc) is 2.04. The summed E-state index contributed by atoms with van der Waals surface area (Å²) in [5.74, 6) is 0. The lowest BCUT2D eigenvalue weighted by molar-refractivity contribution is 0.140. The van der Waals surface area contributed by atoms with Crippen LogP contribution in [0.25, 0.3) is 0 Å². The fourth-order valence-electron chi connectivity index (χ4n) is 1.24. The van der Waals surface area contributed by atoms with Gasteiger partial charge < -0.3 is 14.9 Å². The molecule has 0 unspecified atom stereocenters. The summed E-state index contributed by atoms with van der Waals surface area (Å²) >= 11 is 0. The predicted molar refractivity (Wildman–Crippen MR) is 45.1 cm³/mol. The normalized spacial score (nSPS) is 19.4. The van der Waals surface area contributed by atoms with Crippen LogP contribution in [0.4, 0.5) is 4.79 Å². The topological polar surface area (TPSA) is 43.8 Å². The monoisotopic (exact) mass is 171 g/mol. The summed E-state index contributed by atoms with van der Waals surface area (Å²) in [7, 11) is 3.47. The number of likely N-dealkylation sites (tertiary alicyclic amines) is 1. The molecule has 1 rings (SSSR count). The molecule has 1 radical (unpaired) electrons. The van der Waals surface area contributed by atoms with Gasteiger partial charge in [-0.15, -0.1) is 0 Å². The van der Waals surface area contributed by atoms with E-state index in [0.29, 0.717) is 32.0 Å². The summed E-state index contributed by atoms with van der Waals surface area (Å²) in [4.78, 5) is 14.7. The molecule has 1 aliphatic heterocycles. The van der Waals surface area contributed by atoms with E-state index in [2.05, 4.69) is 0 Å². The molecule has 0 aromatic heterocycles. The predicted octanol–water partition coefficient (Wildman–Crippen LogP) is 0.668. The van der Waals surface area contributed by atoms with Crippen molar-refractivity contribution in [2.24, 2.45) is 0 Å². The minimum atomic E-state index is 0.0301. The number of carbonyl (C=O) groups excluding carboxylic acids is 1. The summed E-state index contributed by atoms with van der Waals surface area (Å²) in [6.45, 7) is 1.28. The number of hydrogen-bond donors (Lipinski definition) is 1. The number of aliphatic hydroxyl groups is 1. The van der Waals surface area contributed by atoms with Crippen LogP contribution in [-0.2, 0) is 0 Å². The van der Waals surface area contributed by atoms with Crippen LogP contribution in [0.15, 0.2) is 0 Å². The zero-order valence-corrected chi connectivity index (χ0v) is 7.58. The van der Waals surface area contributed by atoms with Gasteiger partial charge in [0.15, 0.2) is 0 Å². The van der Waals surface area contributed by atoms with Gasteiger partial charge in [0.05, 0.1) is 6.10 Å². The van der Waals surface area contributed by atoms with E-state index in [1.165, 1.54) is 0 Å². The standard InChI is InChI=1S/C8H15N2O2/c1-9(2)8(12)10-5-3-7(11)4-6-10/h11H,3-6H2,1-2H3. The van der Waals surface area contributed by atoms with Gasteiger partial charge in [0.25, 0.3) is 0 Å². The first-order valence-corrected chi connectivity index (χ1v) is 4.11. The van der Waals surface area contributed by atoms with E-state index in [-0.39, 0.29) is 6.03 Å². The Morgan fingerprint density at radius 3 is 2.33 bits per heavy atom. The molecule has 12 heavy (non-hydrogen) atoms. The van der Waals surface area contributed by atoms with Crippen LogP contribution in [0.5, 0.6) is 0 Å². The fraction of sp³-hybridized carbons (Fsp3) is 0.750. The van der Waals surface area contributed by atoms with Gasteiger partial charge in [-0.3, -0.25) is 0 Å². The van der Waals surface area contributed by atoms with E-state index >= 15 is 0 Å². The van der Waals surface area contributed by atoms with E-state index in [9.17, 15) is 4.79 Å². The SMILES string of the molecule is CN(C)C(=O)N1CC[C](O)CC1. The second-order valence-electron chi connectivity index (χ2n) is 3.23. The molecule has 1 heterocycles. The maximum atomic E-state index is 11.4. The van der Waals surface area contributed by atoms with Crippen LogP contribution in [0, 0.1) is 6.10 Å². The summed E-state index contributed by atoms with van der Waals surface area (Å²) in [6.07, 6.45) is 1.76. The molecule has 1 N–H and O–H groups in total. The van der Waals surface area contributed by atoms with Gasteiger partial charge in [-0.25, -0.2) is 4.79 Å². The third-order valence-corrected chi connectivity index (χ3v) is 1.99. The van der Waals surface area contributed by atoms with Crippen LogP contribution in [0.1, 0.15) is 12.8 Å². The zero-order valence-electron chi connectivity index (χ0n) is 7.58. The first-order valence-electron chi connectivity index (χ1n) is 4.11. The Morgan fingerprint density at radius 1 is 1.42 bits per heavy atom.